The first-order chi connectivity index (χ1) is 7.97. The number of esters is 1. The number of aliphatic hydroxyl groups excluding tert-OH is 1. The fourth-order valence-electron chi connectivity index (χ4n) is 2.36. The lowest BCUT2D eigenvalue weighted by Crippen LogP contribution is -2.41. The van der Waals surface area contributed by atoms with Crippen molar-refractivity contribution in [2.45, 2.75) is 58.8 Å². The van der Waals surface area contributed by atoms with E-state index in [-0.39, 0.29) is 24.1 Å². The molecule has 0 bridgehead atoms. The van der Waals surface area contributed by atoms with E-state index in [1.165, 1.54) is 0 Å². The molecule has 1 aliphatic heterocycles. The Hall–Kier alpha value is -0.610. The number of hydrogen-bond donors (Lipinski definition) is 1. The van der Waals surface area contributed by atoms with Gasteiger partial charge in [0.25, 0.3) is 0 Å². The molecule has 4 heteroatoms. The Labute approximate surface area is 103 Å². The summed E-state index contributed by atoms with van der Waals surface area (Å²) >= 11 is 0. The highest BCUT2D eigenvalue weighted by molar-refractivity contribution is 5.73. The predicted octanol–water partition coefficient (Wildman–Crippen LogP) is 1.75. The molecule has 1 N–H and O–H groups in total. The molecule has 100 valence electrons. The third-order valence-corrected chi connectivity index (χ3v) is 3.29. The summed E-state index contributed by atoms with van der Waals surface area (Å²) < 4.78 is 10.6. The van der Waals surface area contributed by atoms with Gasteiger partial charge in [-0.1, -0.05) is 13.8 Å². The lowest BCUT2D eigenvalue weighted by molar-refractivity contribution is -0.159. The van der Waals surface area contributed by atoms with Crippen LogP contribution in [0.1, 0.15) is 40.5 Å². The second-order valence-corrected chi connectivity index (χ2v) is 5.07. The van der Waals surface area contributed by atoms with Crippen molar-refractivity contribution in [2.75, 3.05) is 6.61 Å². The van der Waals surface area contributed by atoms with E-state index in [0.717, 1.165) is 12.8 Å². The van der Waals surface area contributed by atoms with Crippen LogP contribution in [0.2, 0.25) is 0 Å². The van der Waals surface area contributed by atoms with Crippen LogP contribution in [-0.4, -0.2) is 36.0 Å². The summed E-state index contributed by atoms with van der Waals surface area (Å²) in [6.45, 7) is 7.94. The number of carbonyl (C=O) groups is 1. The van der Waals surface area contributed by atoms with Crippen LogP contribution < -0.4 is 0 Å². The first-order valence-electron chi connectivity index (χ1n) is 6.47. The highest BCUT2D eigenvalue weighted by atomic mass is 16.5. The number of hydrogen-bond acceptors (Lipinski definition) is 4. The molecule has 0 aromatic carbocycles. The zero-order chi connectivity index (χ0) is 13.0. The highest BCUT2D eigenvalue weighted by Crippen LogP contribution is 2.29. The third kappa shape index (κ3) is 3.68. The normalized spacial score (nSPS) is 28.1. The largest absolute Gasteiger partial charge is 0.466 e. The minimum atomic E-state index is -0.765. The monoisotopic (exact) mass is 244 g/mol. The molecule has 1 saturated heterocycles. The molecule has 4 atom stereocenters. The van der Waals surface area contributed by atoms with Gasteiger partial charge in [-0.05, 0) is 32.6 Å². The number of rotatable bonds is 5. The van der Waals surface area contributed by atoms with Gasteiger partial charge in [-0.25, -0.2) is 0 Å². The van der Waals surface area contributed by atoms with E-state index in [1.54, 1.807) is 6.92 Å². The number of carbonyl (C=O) groups excluding carboxylic acids is 1. The molecule has 0 aromatic heterocycles. The maximum atomic E-state index is 11.8. The summed E-state index contributed by atoms with van der Waals surface area (Å²) in [6, 6.07) is 0. The summed E-state index contributed by atoms with van der Waals surface area (Å²) in [5.41, 5.74) is 0. The van der Waals surface area contributed by atoms with E-state index < -0.39 is 12.0 Å². The molecule has 0 saturated carbocycles. The van der Waals surface area contributed by atoms with Crippen LogP contribution >= 0.6 is 0 Å². The highest BCUT2D eigenvalue weighted by Gasteiger charge is 2.39. The van der Waals surface area contributed by atoms with Crippen molar-refractivity contribution in [1.82, 2.24) is 0 Å². The summed E-state index contributed by atoms with van der Waals surface area (Å²) in [7, 11) is 0. The molecule has 0 spiro atoms. The number of aliphatic hydroxyl groups is 1. The fraction of sp³-hybridized carbons (Fsp3) is 0.923. The van der Waals surface area contributed by atoms with Crippen molar-refractivity contribution in [1.29, 1.82) is 0 Å². The molecule has 1 fully saturated rings. The molecule has 1 rings (SSSR count). The molecule has 1 heterocycles. The van der Waals surface area contributed by atoms with Crippen LogP contribution in [0.4, 0.5) is 0 Å². The van der Waals surface area contributed by atoms with Crippen molar-refractivity contribution < 1.29 is 19.4 Å². The Kier molecular flexibility index (Phi) is 5.40. The van der Waals surface area contributed by atoms with Crippen LogP contribution in [0, 0.1) is 11.8 Å². The quantitative estimate of drug-likeness (QED) is 0.749. The standard InChI is InChI=1S/C13H24O4/c1-5-16-13(15)11(8(2)3)12(14)10-7-6-9(4)17-10/h8-12,14H,5-7H2,1-4H3. The van der Waals surface area contributed by atoms with Gasteiger partial charge >= 0.3 is 5.97 Å². The zero-order valence-electron chi connectivity index (χ0n) is 11.2. The molecule has 0 amide bonds. The van der Waals surface area contributed by atoms with E-state index in [0.29, 0.717) is 6.61 Å². The first kappa shape index (κ1) is 14.5. The number of ether oxygens (including phenoxy) is 2. The molecule has 4 unspecified atom stereocenters. The lowest BCUT2D eigenvalue weighted by atomic mass is 9.86. The van der Waals surface area contributed by atoms with Crippen molar-refractivity contribution in [3.05, 3.63) is 0 Å². The Bertz CT molecular complexity index is 252. The summed E-state index contributed by atoms with van der Waals surface area (Å²) in [6.07, 6.45) is 0.922. The Morgan fingerprint density at radius 2 is 2.12 bits per heavy atom. The van der Waals surface area contributed by atoms with E-state index in [9.17, 15) is 9.90 Å². The third-order valence-electron chi connectivity index (χ3n) is 3.29. The van der Waals surface area contributed by atoms with Crippen LogP contribution in [0.15, 0.2) is 0 Å². The molecule has 0 radical (unpaired) electrons. The fourth-order valence-corrected chi connectivity index (χ4v) is 2.36. The minimum absolute atomic E-state index is 0.0450. The van der Waals surface area contributed by atoms with Gasteiger partial charge in [0.1, 0.15) is 0 Å². The van der Waals surface area contributed by atoms with Gasteiger partial charge in [0.2, 0.25) is 0 Å². The topological polar surface area (TPSA) is 55.8 Å². The van der Waals surface area contributed by atoms with Gasteiger partial charge in [-0.3, -0.25) is 4.79 Å². The van der Waals surface area contributed by atoms with Crippen molar-refractivity contribution in [3.8, 4) is 0 Å². The van der Waals surface area contributed by atoms with Crippen LogP contribution in [0.5, 0.6) is 0 Å². The SMILES string of the molecule is CCOC(=O)C(C(C)C)C(O)C1CCC(C)O1. The summed E-state index contributed by atoms with van der Waals surface area (Å²) in [5.74, 6) is -0.771. The second kappa shape index (κ2) is 6.36. The summed E-state index contributed by atoms with van der Waals surface area (Å²) in [5, 5.41) is 10.3. The van der Waals surface area contributed by atoms with E-state index in [4.69, 9.17) is 9.47 Å². The smallest absolute Gasteiger partial charge is 0.311 e. The average molecular weight is 244 g/mol. The Morgan fingerprint density at radius 1 is 1.47 bits per heavy atom. The van der Waals surface area contributed by atoms with Gasteiger partial charge < -0.3 is 14.6 Å². The first-order valence-corrected chi connectivity index (χ1v) is 6.47. The van der Waals surface area contributed by atoms with Crippen LogP contribution in [-0.2, 0) is 14.3 Å². The molecular weight excluding hydrogens is 220 g/mol. The Morgan fingerprint density at radius 3 is 2.53 bits per heavy atom. The van der Waals surface area contributed by atoms with Gasteiger partial charge in [-0.15, -0.1) is 0 Å². The van der Waals surface area contributed by atoms with E-state index >= 15 is 0 Å². The van der Waals surface area contributed by atoms with E-state index in [1.807, 2.05) is 20.8 Å². The zero-order valence-corrected chi connectivity index (χ0v) is 11.2. The van der Waals surface area contributed by atoms with Gasteiger partial charge in [0.15, 0.2) is 0 Å². The lowest BCUT2D eigenvalue weighted by Gasteiger charge is -2.28. The van der Waals surface area contributed by atoms with Crippen molar-refractivity contribution in [2.24, 2.45) is 11.8 Å². The van der Waals surface area contributed by atoms with Crippen LogP contribution in [0.25, 0.3) is 0 Å². The van der Waals surface area contributed by atoms with Crippen molar-refractivity contribution >= 4 is 5.97 Å². The van der Waals surface area contributed by atoms with Gasteiger partial charge in [-0.2, -0.15) is 0 Å². The molecule has 0 aliphatic carbocycles. The van der Waals surface area contributed by atoms with Crippen LogP contribution in [0.3, 0.4) is 0 Å². The van der Waals surface area contributed by atoms with Crippen molar-refractivity contribution in [3.63, 3.8) is 0 Å². The summed E-state index contributed by atoms with van der Waals surface area (Å²) in [4.78, 5) is 11.8. The Balaban J connectivity index is 2.66. The second-order valence-electron chi connectivity index (χ2n) is 5.07. The molecule has 17 heavy (non-hydrogen) atoms. The predicted molar refractivity (Wildman–Crippen MR) is 64.5 cm³/mol. The van der Waals surface area contributed by atoms with Gasteiger partial charge in [0.05, 0.1) is 30.8 Å². The maximum Gasteiger partial charge on any atom is 0.311 e. The van der Waals surface area contributed by atoms with Gasteiger partial charge in [0, 0.05) is 0 Å². The maximum absolute atomic E-state index is 11.8. The average Bonchev–Trinajstić information content (AvgIpc) is 2.64. The molecular formula is C13H24O4. The molecule has 4 nitrogen and oxygen atoms in total. The van der Waals surface area contributed by atoms with E-state index in [2.05, 4.69) is 0 Å². The minimum Gasteiger partial charge on any atom is -0.466 e. The molecule has 1 aliphatic rings. The molecule has 0 aromatic rings.